The van der Waals surface area contributed by atoms with E-state index >= 15 is 0 Å². The minimum absolute atomic E-state index is 0.104. The highest BCUT2D eigenvalue weighted by Gasteiger charge is 2.27. The Hall–Kier alpha value is -3.61. The summed E-state index contributed by atoms with van der Waals surface area (Å²) in [5, 5.41) is 0. The molecule has 3 heterocycles. The Bertz CT molecular complexity index is 1040. The smallest absolute Gasteiger partial charge is 0.274 e. The lowest BCUT2D eigenvalue weighted by molar-refractivity contribution is 0.0699. The van der Waals surface area contributed by atoms with Crippen molar-refractivity contribution < 1.29 is 9.59 Å². The topological polar surface area (TPSA) is 102 Å². The molecule has 4 rings (SSSR count). The summed E-state index contributed by atoms with van der Waals surface area (Å²) in [7, 11) is 0. The predicted molar refractivity (Wildman–Crippen MR) is 108 cm³/mol. The Labute approximate surface area is 168 Å². The van der Waals surface area contributed by atoms with Crippen LogP contribution in [0.3, 0.4) is 0 Å². The van der Waals surface area contributed by atoms with E-state index in [1.54, 1.807) is 24.4 Å². The van der Waals surface area contributed by atoms with Gasteiger partial charge in [-0.3, -0.25) is 19.6 Å². The molecule has 1 aliphatic heterocycles. The first-order chi connectivity index (χ1) is 14.1. The van der Waals surface area contributed by atoms with Crippen molar-refractivity contribution in [2.75, 3.05) is 13.1 Å². The van der Waals surface area contributed by atoms with Gasteiger partial charge in [-0.05, 0) is 37.1 Å². The van der Waals surface area contributed by atoms with Crippen LogP contribution in [0.1, 0.15) is 45.3 Å². The molecule has 0 saturated carbocycles. The van der Waals surface area contributed by atoms with Crippen LogP contribution in [-0.2, 0) is 0 Å². The maximum absolute atomic E-state index is 12.7. The number of primary amides is 1. The summed E-state index contributed by atoms with van der Waals surface area (Å²) in [5.74, 6) is -0.426. The molecule has 3 aromatic rings. The summed E-state index contributed by atoms with van der Waals surface area (Å²) in [6.07, 6.45) is 6.44. The van der Waals surface area contributed by atoms with Gasteiger partial charge in [-0.2, -0.15) is 0 Å². The number of rotatable bonds is 4. The summed E-state index contributed by atoms with van der Waals surface area (Å²) >= 11 is 0. The molecule has 0 aliphatic carbocycles. The number of benzene rings is 1. The molecule has 1 unspecified atom stereocenters. The zero-order valence-electron chi connectivity index (χ0n) is 15.9. The van der Waals surface area contributed by atoms with Crippen LogP contribution in [0.2, 0.25) is 0 Å². The van der Waals surface area contributed by atoms with Crippen LogP contribution in [-0.4, -0.2) is 44.8 Å². The van der Waals surface area contributed by atoms with Crippen molar-refractivity contribution in [3.8, 4) is 11.3 Å². The van der Waals surface area contributed by atoms with Crippen LogP contribution < -0.4 is 5.73 Å². The van der Waals surface area contributed by atoms with Crippen LogP contribution in [0.5, 0.6) is 0 Å². The first kappa shape index (κ1) is 18.7. The molecular formula is C22H21N5O2. The standard InChI is InChI=1S/C22H21N5O2/c23-21(28)16-5-1-4-15(12-16)18-7-2-8-19(26-18)17-6-3-11-27(14-17)22(29)20-13-24-9-10-25-20/h1-2,4-5,7-10,12-13,17H,3,6,11,14H2,(H2,23,28). The van der Waals surface area contributed by atoms with Gasteiger partial charge in [0.15, 0.2) is 0 Å². The van der Waals surface area contributed by atoms with Crippen molar-refractivity contribution in [1.29, 1.82) is 0 Å². The zero-order chi connectivity index (χ0) is 20.2. The Morgan fingerprint density at radius 2 is 1.97 bits per heavy atom. The normalized spacial score (nSPS) is 16.4. The quantitative estimate of drug-likeness (QED) is 0.741. The third kappa shape index (κ3) is 4.13. The molecule has 2 aromatic heterocycles. The molecule has 0 spiro atoms. The summed E-state index contributed by atoms with van der Waals surface area (Å²) in [4.78, 5) is 38.9. The highest BCUT2D eigenvalue weighted by atomic mass is 16.2. The number of hydrogen-bond donors (Lipinski definition) is 1. The fraction of sp³-hybridized carbons (Fsp3) is 0.227. The summed E-state index contributed by atoms with van der Waals surface area (Å²) in [6.45, 7) is 1.29. The summed E-state index contributed by atoms with van der Waals surface area (Å²) in [5.41, 5.74) is 8.76. The van der Waals surface area contributed by atoms with Crippen LogP contribution in [0, 0.1) is 0 Å². The number of likely N-dealkylation sites (tertiary alicyclic amines) is 1. The number of amides is 2. The molecule has 7 nitrogen and oxygen atoms in total. The molecule has 1 aliphatic rings. The van der Waals surface area contributed by atoms with Crippen molar-refractivity contribution >= 4 is 11.8 Å². The second-order valence-electron chi connectivity index (χ2n) is 7.07. The van der Waals surface area contributed by atoms with E-state index in [4.69, 9.17) is 10.7 Å². The van der Waals surface area contributed by atoms with Crippen molar-refractivity contribution in [3.63, 3.8) is 0 Å². The molecule has 7 heteroatoms. The average molecular weight is 387 g/mol. The third-order valence-electron chi connectivity index (χ3n) is 5.12. The average Bonchev–Trinajstić information content (AvgIpc) is 2.79. The van der Waals surface area contributed by atoms with E-state index in [1.807, 2.05) is 29.2 Å². The van der Waals surface area contributed by atoms with Crippen molar-refractivity contribution in [2.24, 2.45) is 5.73 Å². The lowest BCUT2D eigenvalue weighted by atomic mass is 9.93. The number of pyridine rings is 1. The maximum atomic E-state index is 12.7. The van der Waals surface area contributed by atoms with Crippen LogP contribution in [0.25, 0.3) is 11.3 Å². The molecule has 1 atom stereocenters. The van der Waals surface area contributed by atoms with Gasteiger partial charge in [-0.25, -0.2) is 4.98 Å². The molecule has 0 radical (unpaired) electrons. The SMILES string of the molecule is NC(=O)c1cccc(-c2cccc(C3CCCN(C(=O)c4cnccn4)C3)n2)c1. The number of carbonyl (C=O) groups is 2. The Balaban J connectivity index is 1.56. The fourth-order valence-electron chi connectivity index (χ4n) is 3.65. The Kier molecular flexibility index (Phi) is 5.29. The van der Waals surface area contributed by atoms with Crippen LogP contribution in [0.15, 0.2) is 61.1 Å². The van der Waals surface area contributed by atoms with E-state index in [0.29, 0.717) is 24.3 Å². The number of hydrogen-bond acceptors (Lipinski definition) is 5. The molecule has 1 saturated heterocycles. The van der Waals surface area contributed by atoms with Gasteiger partial charge in [0.05, 0.1) is 11.9 Å². The molecule has 2 N–H and O–H groups in total. The molecule has 146 valence electrons. The van der Waals surface area contributed by atoms with Crippen LogP contribution in [0.4, 0.5) is 0 Å². The first-order valence-electron chi connectivity index (χ1n) is 9.54. The monoisotopic (exact) mass is 387 g/mol. The first-order valence-corrected chi connectivity index (χ1v) is 9.54. The number of nitrogens with two attached hydrogens (primary N) is 1. The predicted octanol–water partition coefficient (Wildman–Crippen LogP) is 2.66. The number of carbonyl (C=O) groups excluding carboxylic acids is 2. The van der Waals surface area contributed by atoms with E-state index < -0.39 is 5.91 Å². The van der Waals surface area contributed by atoms with E-state index in [9.17, 15) is 9.59 Å². The second-order valence-corrected chi connectivity index (χ2v) is 7.07. The van der Waals surface area contributed by atoms with E-state index in [2.05, 4.69) is 9.97 Å². The van der Waals surface area contributed by atoms with E-state index in [0.717, 1.165) is 29.8 Å². The Morgan fingerprint density at radius 1 is 1.10 bits per heavy atom. The van der Waals surface area contributed by atoms with Crippen LogP contribution >= 0.6 is 0 Å². The third-order valence-corrected chi connectivity index (χ3v) is 5.12. The summed E-state index contributed by atoms with van der Waals surface area (Å²) in [6, 6.07) is 13.0. The van der Waals surface area contributed by atoms with Gasteiger partial charge >= 0.3 is 0 Å². The molecule has 1 fully saturated rings. The molecule has 0 bridgehead atoms. The van der Waals surface area contributed by atoms with Gasteiger partial charge in [0.2, 0.25) is 5.91 Å². The highest BCUT2D eigenvalue weighted by molar-refractivity contribution is 5.94. The number of nitrogens with zero attached hydrogens (tertiary/aromatic N) is 4. The molecule has 2 amide bonds. The van der Waals surface area contributed by atoms with Gasteiger partial charge in [-0.1, -0.05) is 18.2 Å². The van der Waals surface area contributed by atoms with Crippen molar-refractivity contribution in [3.05, 3.63) is 78.0 Å². The number of aromatic nitrogens is 3. The highest BCUT2D eigenvalue weighted by Crippen LogP contribution is 2.28. The maximum Gasteiger partial charge on any atom is 0.274 e. The fourth-order valence-corrected chi connectivity index (χ4v) is 3.65. The van der Waals surface area contributed by atoms with E-state index in [1.165, 1.54) is 12.4 Å². The largest absolute Gasteiger partial charge is 0.366 e. The van der Waals surface area contributed by atoms with Gasteiger partial charge in [0.1, 0.15) is 5.69 Å². The Morgan fingerprint density at radius 3 is 2.76 bits per heavy atom. The minimum atomic E-state index is -0.464. The van der Waals surface area contributed by atoms with Crippen molar-refractivity contribution in [1.82, 2.24) is 19.9 Å². The zero-order valence-corrected chi connectivity index (χ0v) is 15.9. The van der Waals surface area contributed by atoms with Gasteiger partial charge in [0, 0.05) is 48.2 Å². The van der Waals surface area contributed by atoms with Gasteiger partial charge in [-0.15, -0.1) is 0 Å². The lowest BCUT2D eigenvalue weighted by Gasteiger charge is -2.32. The molecular weight excluding hydrogens is 366 g/mol. The summed E-state index contributed by atoms with van der Waals surface area (Å²) < 4.78 is 0. The second kappa shape index (κ2) is 8.18. The van der Waals surface area contributed by atoms with Gasteiger partial charge in [0.25, 0.3) is 5.91 Å². The lowest BCUT2D eigenvalue weighted by Crippen LogP contribution is -2.39. The van der Waals surface area contributed by atoms with Crippen molar-refractivity contribution in [2.45, 2.75) is 18.8 Å². The van der Waals surface area contributed by atoms with Gasteiger partial charge < -0.3 is 10.6 Å². The molecule has 29 heavy (non-hydrogen) atoms. The number of piperidine rings is 1. The minimum Gasteiger partial charge on any atom is -0.366 e. The van der Waals surface area contributed by atoms with E-state index in [-0.39, 0.29) is 11.8 Å². The molecule has 1 aromatic carbocycles.